The van der Waals surface area contributed by atoms with E-state index >= 15 is 0 Å². The van der Waals surface area contributed by atoms with Gasteiger partial charge in [0.2, 0.25) is 5.71 Å². The fourth-order valence-electron chi connectivity index (χ4n) is 8.19. The van der Waals surface area contributed by atoms with E-state index in [1.165, 1.54) is 0 Å². The second-order valence-electron chi connectivity index (χ2n) is 14.5. The van der Waals surface area contributed by atoms with E-state index in [0.717, 1.165) is 116 Å². The molecule has 0 fully saturated rings. The summed E-state index contributed by atoms with van der Waals surface area (Å²) in [5.41, 5.74) is 17.5. The summed E-state index contributed by atoms with van der Waals surface area (Å²) in [7, 11) is 0. The fraction of sp³-hybridized carbons (Fsp3) is 0. The van der Waals surface area contributed by atoms with Crippen LogP contribution in [0.1, 0.15) is 0 Å². The third-order valence-corrected chi connectivity index (χ3v) is 11.0. The number of nitrogens with zero attached hydrogens (tertiary/aromatic N) is 3. The molecule has 12 aromatic rings. The molecule has 0 spiro atoms. The molecule has 6 nitrogen and oxygen atoms in total. The smallest absolute Gasteiger partial charge is 0.227 e. The van der Waals surface area contributed by atoms with E-state index in [1.807, 2.05) is 48.8 Å². The third-order valence-electron chi connectivity index (χ3n) is 11.0. The summed E-state index contributed by atoms with van der Waals surface area (Å²) in [5, 5.41) is 4.03. The van der Waals surface area contributed by atoms with Crippen molar-refractivity contribution in [2.24, 2.45) is 0 Å². The molecule has 6 heterocycles. The van der Waals surface area contributed by atoms with Crippen molar-refractivity contribution in [3.63, 3.8) is 0 Å². The highest BCUT2D eigenvalue weighted by molar-refractivity contribution is 6.07. The van der Waals surface area contributed by atoms with Crippen LogP contribution >= 0.6 is 0 Å². The minimum absolute atomic E-state index is 0.620. The van der Waals surface area contributed by atoms with Gasteiger partial charge in [0.25, 0.3) is 0 Å². The minimum Gasteiger partial charge on any atom is -0.454 e. The fourth-order valence-corrected chi connectivity index (χ4v) is 8.19. The van der Waals surface area contributed by atoms with Gasteiger partial charge in [0.1, 0.15) is 27.8 Å². The lowest BCUT2D eigenvalue weighted by molar-refractivity contribution is 0.654. The lowest BCUT2D eigenvalue weighted by Crippen LogP contribution is -1.84. The Morgan fingerprint density at radius 2 is 0.684 bits per heavy atom. The number of hydrogen-bond donors (Lipinski definition) is 0. The summed E-state index contributed by atoms with van der Waals surface area (Å²) in [6, 6.07) is 54.9. The zero-order chi connectivity index (χ0) is 37.5. The van der Waals surface area contributed by atoms with Crippen molar-refractivity contribution in [3.8, 4) is 55.6 Å². The molecule has 0 radical (unpaired) electrons. The lowest BCUT2D eigenvalue weighted by atomic mass is 9.95. The second-order valence-corrected chi connectivity index (χ2v) is 14.5. The van der Waals surface area contributed by atoms with Crippen molar-refractivity contribution in [1.82, 2.24) is 15.0 Å². The number of hydrogen-bond acceptors (Lipinski definition) is 6. The van der Waals surface area contributed by atoms with Crippen LogP contribution in [0, 0.1) is 0 Å². The van der Waals surface area contributed by atoms with Crippen LogP contribution in [-0.2, 0) is 0 Å². The molecule has 0 aliphatic heterocycles. The summed E-state index contributed by atoms with van der Waals surface area (Å²) in [6.07, 6.45) is 5.51. The van der Waals surface area contributed by atoms with E-state index in [0.29, 0.717) is 5.71 Å². The summed E-state index contributed by atoms with van der Waals surface area (Å²) >= 11 is 0. The van der Waals surface area contributed by atoms with Gasteiger partial charge in [0.15, 0.2) is 11.2 Å². The molecule has 0 saturated carbocycles. The van der Waals surface area contributed by atoms with Gasteiger partial charge in [0.05, 0.1) is 0 Å². The first-order chi connectivity index (χ1) is 28.2. The van der Waals surface area contributed by atoms with Gasteiger partial charge in [-0.3, -0.25) is 9.97 Å². The van der Waals surface area contributed by atoms with Crippen LogP contribution in [0.15, 0.2) is 190 Å². The molecule has 0 N–H and O–H groups in total. The Kier molecular flexibility index (Phi) is 6.83. The summed E-state index contributed by atoms with van der Waals surface area (Å²) in [5.74, 6) is 0. The number of rotatable bonds is 5. The molecule has 0 aliphatic rings. The predicted octanol–water partition coefficient (Wildman–Crippen LogP) is 13.9. The number of fused-ring (bicyclic) bond motifs is 9. The highest BCUT2D eigenvalue weighted by Gasteiger charge is 2.15. The maximum absolute atomic E-state index is 6.25. The number of pyridine rings is 3. The van der Waals surface area contributed by atoms with Crippen LogP contribution in [0.4, 0.5) is 0 Å². The van der Waals surface area contributed by atoms with Crippen molar-refractivity contribution >= 4 is 66.2 Å². The average Bonchev–Trinajstić information content (AvgIpc) is 3.96. The van der Waals surface area contributed by atoms with Gasteiger partial charge in [-0.2, -0.15) is 0 Å². The molecule has 0 bridgehead atoms. The Bertz CT molecular complexity index is 3550. The van der Waals surface area contributed by atoms with Crippen LogP contribution in [0.2, 0.25) is 0 Å². The van der Waals surface area contributed by atoms with Gasteiger partial charge in [-0.1, -0.05) is 72.8 Å². The number of furan rings is 3. The maximum atomic E-state index is 6.25. The van der Waals surface area contributed by atoms with E-state index < -0.39 is 0 Å². The highest BCUT2D eigenvalue weighted by Crippen LogP contribution is 2.38. The quantitative estimate of drug-likeness (QED) is 0.175. The number of aromatic nitrogens is 3. The molecule has 12 rings (SSSR count). The summed E-state index contributed by atoms with van der Waals surface area (Å²) in [4.78, 5) is 13.9. The highest BCUT2D eigenvalue weighted by atomic mass is 16.3. The van der Waals surface area contributed by atoms with E-state index in [4.69, 9.17) is 18.2 Å². The molecule has 266 valence electrons. The van der Waals surface area contributed by atoms with Crippen LogP contribution in [0.5, 0.6) is 0 Å². The van der Waals surface area contributed by atoms with Crippen LogP contribution in [0.25, 0.3) is 122 Å². The Balaban J connectivity index is 0.881. The number of benzene rings is 6. The normalized spacial score (nSPS) is 11.9. The first-order valence-corrected chi connectivity index (χ1v) is 18.9. The molecular formula is C51H29N3O3. The van der Waals surface area contributed by atoms with Gasteiger partial charge in [-0.05, 0) is 135 Å². The first-order valence-electron chi connectivity index (χ1n) is 18.9. The SMILES string of the molecule is c1cc(-c2cccc(-c3ccc4oc5cccnc5c4c3)c2)cc(-c2ccc3oc4ncc(-c5cccc(-c6ccc7oc8cccnc8c7c6)c5)cc4c3c2)c1. The molecule has 0 unspecified atom stereocenters. The summed E-state index contributed by atoms with van der Waals surface area (Å²) < 4.78 is 18.3. The third kappa shape index (κ3) is 5.23. The van der Waals surface area contributed by atoms with Gasteiger partial charge in [0, 0.05) is 45.7 Å². The molecule has 0 saturated heterocycles. The second kappa shape index (κ2) is 12.3. The van der Waals surface area contributed by atoms with E-state index in [9.17, 15) is 0 Å². The molecule has 0 aliphatic carbocycles. The molecule has 6 heteroatoms. The van der Waals surface area contributed by atoms with E-state index in [1.54, 1.807) is 6.20 Å². The van der Waals surface area contributed by atoms with Crippen molar-refractivity contribution in [2.75, 3.05) is 0 Å². The minimum atomic E-state index is 0.620. The standard InChI is InChI=1S/C51H29N3O3/c1-6-30(31-7-2-9-33(23-31)37-15-18-45-42(26-37)49-47(55-45)12-4-20-52-49)22-32(8-1)36-14-17-44-40(25-36)41-28-39(29-54-51(41)57-44)35-11-3-10-34(24-35)38-16-19-46-43(27-38)50-48(56-46)13-5-21-53-50/h1-29H. The maximum Gasteiger partial charge on any atom is 0.227 e. The van der Waals surface area contributed by atoms with E-state index in [2.05, 4.69) is 131 Å². The molecule has 57 heavy (non-hydrogen) atoms. The Hall–Kier alpha value is -7.83. The Labute approximate surface area is 325 Å². The topological polar surface area (TPSA) is 78.1 Å². The van der Waals surface area contributed by atoms with Crippen LogP contribution in [-0.4, -0.2) is 15.0 Å². The zero-order valence-corrected chi connectivity index (χ0v) is 30.3. The van der Waals surface area contributed by atoms with Gasteiger partial charge < -0.3 is 13.3 Å². The van der Waals surface area contributed by atoms with Gasteiger partial charge in [-0.25, -0.2) is 4.98 Å². The van der Waals surface area contributed by atoms with Crippen LogP contribution < -0.4 is 0 Å². The van der Waals surface area contributed by atoms with Crippen molar-refractivity contribution in [1.29, 1.82) is 0 Å². The molecule has 6 aromatic carbocycles. The molecule has 0 amide bonds. The van der Waals surface area contributed by atoms with Crippen molar-refractivity contribution in [2.45, 2.75) is 0 Å². The van der Waals surface area contributed by atoms with E-state index in [-0.39, 0.29) is 0 Å². The lowest BCUT2D eigenvalue weighted by Gasteiger charge is -2.09. The average molecular weight is 732 g/mol. The summed E-state index contributed by atoms with van der Waals surface area (Å²) in [6.45, 7) is 0. The first kappa shape index (κ1) is 31.5. The van der Waals surface area contributed by atoms with Gasteiger partial charge >= 0.3 is 0 Å². The Morgan fingerprint density at radius 1 is 0.281 bits per heavy atom. The zero-order valence-electron chi connectivity index (χ0n) is 30.3. The van der Waals surface area contributed by atoms with Crippen LogP contribution in [0.3, 0.4) is 0 Å². The molecular weight excluding hydrogens is 703 g/mol. The monoisotopic (exact) mass is 731 g/mol. The van der Waals surface area contributed by atoms with Crippen molar-refractivity contribution < 1.29 is 13.3 Å². The van der Waals surface area contributed by atoms with Crippen molar-refractivity contribution in [3.05, 3.63) is 176 Å². The molecule has 0 atom stereocenters. The predicted molar refractivity (Wildman–Crippen MR) is 229 cm³/mol. The van der Waals surface area contributed by atoms with Gasteiger partial charge in [-0.15, -0.1) is 0 Å². The Morgan fingerprint density at radius 3 is 1.18 bits per heavy atom. The largest absolute Gasteiger partial charge is 0.454 e. The molecule has 6 aromatic heterocycles.